The normalized spacial score (nSPS) is 10.3. The molecule has 2 aromatic carbocycles. The predicted molar refractivity (Wildman–Crippen MR) is 76.7 cm³/mol. The molecule has 0 saturated heterocycles. The van der Waals surface area contributed by atoms with Crippen LogP contribution in [0, 0.1) is 12.7 Å². The van der Waals surface area contributed by atoms with Crippen LogP contribution in [-0.2, 0) is 0 Å². The molecule has 0 amide bonds. The lowest BCUT2D eigenvalue weighted by Crippen LogP contribution is -2.04. The summed E-state index contributed by atoms with van der Waals surface area (Å²) in [6, 6.07) is 7.13. The van der Waals surface area contributed by atoms with Gasteiger partial charge in [0.05, 0.1) is 5.56 Å². The van der Waals surface area contributed by atoms with E-state index in [4.69, 9.17) is 15.6 Å². The first-order valence-corrected chi connectivity index (χ1v) is 6.44. The van der Waals surface area contributed by atoms with E-state index in [0.29, 0.717) is 5.75 Å². The standard InChI is InChI=1S/C14H11BrFNO3/c1-7-4-8(2-3-10(7)15)20-13-5-9(14(18)19)12(17)6-11(13)16/h2-6H,17H2,1H3,(H,18,19). The van der Waals surface area contributed by atoms with Gasteiger partial charge in [0, 0.05) is 22.3 Å². The second kappa shape index (κ2) is 5.50. The highest BCUT2D eigenvalue weighted by Crippen LogP contribution is 2.30. The third kappa shape index (κ3) is 2.91. The number of hydrogen-bond donors (Lipinski definition) is 2. The lowest BCUT2D eigenvalue weighted by atomic mass is 10.1. The molecule has 4 nitrogen and oxygen atoms in total. The Morgan fingerprint density at radius 2 is 2.05 bits per heavy atom. The summed E-state index contributed by atoms with van der Waals surface area (Å²) in [6.45, 7) is 1.86. The molecule has 0 aliphatic heterocycles. The number of aromatic carboxylic acids is 1. The maximum Gasteiger partial charge on any atom is 0.337 e. The van der Waals surface area contributed by atoms with Gasteiger partial charge >= 0.3 is 5.97 Å². The number of benzene rings is 2. The molecular weight excluding hydrogens is 329 g/mol. The van der Waals surface area contributed by atoms with Crippen molar-refractivity contribution in [3.63, 3.8) is 0 Å². The highest BCUT2D eigenvalue weighted by atomic mass is 79.9. The summed E-state index contributed by atoms with van der Waals surface area (Å²) in [4.78, 5) is 11.0. The first kappa shape index (κ1) is 14.3. The van der Waals surface area contributed by atoms with Crippen molar-refractivity contribution < 1.29 is 19.0 Å². The molecular formula is C14H11BrFNO3. The van der Waals surface area contributed by atoms with Crippen LogP contribution in [0.15, 0.2) is 34.8 Å². The van der Waals surface area contributed by atoms with Gasteiger partial charge in [-0.2, -0.15) is 0 Å². The van der Waals surface area contributed by atoms with Gasteiger partial charge in [0.25, 0.3) is 0 Å². The topological polar surface area (TPSA) is 72.5 Å². The molecule has 0 bridgehead atoms. The summed E-state index contributed by atoms with van der Waals surface area (Å²) in [7, 11) is 0. The molecule has 0 unspecified atom stereocenters. The van der Waals surface area contributed by atoms with Gasteiger partial charge in [0.1, 0.15) is 5.75 Å². The molecule has 0 fully saturated rings. The van der Waals surface area contributed by atoms with Gasteiger partial charge in [-0.25, -0.2) is 9.18 Å². The van der Waals surface area contributed by atoms with Gasteiger partial charge in [0.2, 0.25) is 0 Å². The summed E-state index contributed by atoms with van der Waals surface area (Å²) in [5.74, 6) is -1.73. The highest BCUT2D eigenvalue weighted by molar-refractivity contribution is 9.10. The summed E-state index contributed by atoms with van der Waals surface area (Å²) in [5, 5.41) is 8.96. The van der Waals surface area contributed by atoms with Gasteiger partial charge < -0.3 is 15.6 Å². The number of carboxylic acids is 1. The number of nitrogen functional groups attached to an aromatic ring is 1. The van der Waals surface area contributed by atoms with Crippen molar-refractivity contribution in [1.29, 1.82) is 0 Å². The van der Waals surface area contributed by atoms with Gasteiger partial charge in [-0.3, -0.25) is 0 Å². The number of carboxylic acid groups (broad SMARTS) is 1. The molecule has 3 N–H and O–H groups in total. The fourth-order valence-corrected chi connectivity index (χ4v) is 1.89. The van der Waals surface area contributed by atoms with E-state index in [2.05, 4.69) is 15.9 Å². The first-order valence-electron chi connectivity index (χ1n) is 5.65. The molecule has 0 aliphatic rings. The SMILES string of the molecule is Cc1cc(Oc2cc(C(=O)O)c(N)cc2F)ccc1Br. The molecule has 104 valence electrons. The van der Waals surface area contributed by atoms with Crippen LogP contribution in [0.1, 0.15) is 15.9 Å². The number of aryl methyl sites for hydroxylation is 1. The third-order valence-electron chi connectivity index (χ3n) is 2.69. The molecule has 20 heavy (non-hydrogen) atoms. The lowest BCUT2D eigenvalue weighted by Gasteiger charge is -2.10. The van der Waals surface area contributed by atoms with E-state index >= 15 is 0 Å². The monoisotopic (exact) mass is 339 g/mol. The largest absolute Gasteiger partial charge is 0.478 e. The van der Waals surface area contributed by atoms with Crippen LogP contribution in [0.25, 0.3) is 0 Å². The number of carbonyl (C=O) groups is 1. The van der Waals surface area contributed by atoms with Crippen molar-refractivity contribution >= 4 is 27.6 Å². The van der Waals surface area contributed by atoms with Crippen LogP contribution in [0.3, 0.4) is 0 Å². The quantitative estimate of drug-likeness (QED) is 0.830. The highest BCUT2D eigenvalue weighted by Gasteiger charge is 2.15. The van der Waals surface area contributed by atoms with E-state index in [1.54, 1.807) is 18.2 Å². The number of anilines is 1. The van der Waals surface area contributed by atoms with Gasteiger partial charge in [0.15, 0.2) is 11.6 Å². The number of rotatable bonds is 3. The zero-order valence-corrected chi connectivity index (χ0v) is 12.1. The Morgan fingerprint density at radius 3 is 2.65 bits per heavy atom. The molecule has 2 rings (SSSR count). The second-order valence-corrected chi connectivity index (χ2v) is 5.04. The fourth-order valence-electron chi connectivity index (χ4n) is 1.64. The van der Waals surface area contributed by atoms with Gasteiger partial charge in [-0.05, 0) is 30.7 Å². The minimum atomic E-state index is -1.24. The zero-order chi connectivity index (χ0) is 14.9. The van der Waals surface area contributed by atoms with Crippen molar-refractivity contribution in [3.8, 4) is 11.5 Å². The van der Waals surface area contributed by atoms with Gasteiger partial charge in [-0.1, -0.05) is 15.9 Å². The molecule has 0 aromatic heterocycles. The van der Waals surface area contributed by atoms with E-state index < -0.39 is 11.8 Å². The molecule has 6 heteroatoms. The summed E-state index contributed by atoms with van der Waals surface area (Å²) >= 11 is 3.35. The third-order valence-corrected chi connectivity index (χ3v) is 3.58. The lowest BCUT2D eigenvalue weighted by molar-refractivity contribution is 0.0697. The number of hydrogen-bond acceptors (Lipinski definition) is 3. The van der Waals surface area contributed by atoms with Crippen LogP contribution >= 0.6 is 15.9 Å². The smallest absolute Gasteiger partial charge is 0.337 e. The Labute approximate surface area is 123 Å². The number of ether oxygens (including phenoxy) is 1. The van der Waals surface area contributed by atoms with E-state index in [1.165, 1.54) is 0 Å². The molecule has 0 aliphatic carbocycles. The van der Waals surface area contributed by atoms with E-state index in [-0.39, 0.29) is 17.0 Å². The average molecular weight is 340 g/mol. The minimum absolute atomic E-state index is 0.144. The predicted octanol–water partition coefficient (Wildman–Crippen LogP) is 3.97. The molecule has 0 spiro atoms. The molecule has 2 aromatic rings. The first-order chi connectivity index (χ1) is 9.38. The van der Waals surface area contributed by atoms with Crippen LogP contribution in [0.5, 0.6) is 11.5 Å². The summed E-state index contributed by atoms with van der Waals surface area (Å²) < 4.78 is 20.0. The Bertz CT molecular complexity index is 688. The molecule has 0 radical (unpaired) electrons. The fraction of sp³-hybridized carbons (Fsp3) is 0.0714. The summed E-state index contributed by atoms with van der Waals surface area (Å²) in [6.07, 6.45) is 0. The molecule has 0 heterocycles. The second-order valence-electron chi connectivity index (χ2n) is 4.19. The van der Waals surface area contributed by atoms with Crippen molar-refractivity contribution in [2.45, 2.75) is 6.92 Å². The minimum Gasteiger partial charge on any atom is -0.478 e. The average Bonchev–Trinajstić information content (AvgIpc) is 2.36. The Morgan fingerprint density at radius 1 is 1.35 bits per heavy atom. The number of nitrogens with two attached hydrogens (primary N) is 1. The van der Waals surface area contributed by atoms with Crippen molar-refractivity contribution in [1.82, 2.24) is 0 Å². The van der Waals surface area contributed by atoms with E-state index in [0.717, 1.165) is 22.2 Å². The summed E-state index contributed by atoms with van der Waals surface area (Å²) in [5.41, 5.74) is 6.02. The van der Waals surface area contributed by atoms with Crippen LogP contribution < -0.4 is 10.5 Å². The van der Waals surface area contributed by atoms with Crippen LogP contribution in [0.2, 0.25) is 0 Å². The van der Waals surface area contributed by atoms with Crippen LogP contribution in [0.4, 0.5) is 10.1 Å². The number of halogens is 2. The van der Waals surface area contributed by atoms with Crippen molar-refractivity contribution in [2.75, 3.05) is 5.73 Å². The molecule has 0 saturated carbocycles. The maximum absolute atomic E-state index is 13.8. The Balaban J connectivity index is 2.40. The maximum atomic E-state index is 13.8. The zero-order valence-electron chi connectivity index (χ0n) is 10.5. The van der Waals surface area contributed by atoms with Crippen molar-refractivity contribution in [3.05, 3.63) is 51.7 Å². The Kier molecular flexibility index (Phi) is 3.94. The molecule has 0 atom stereocenters. The Hall–Kier alpha value is -2.08. The van der Waals surface area contributed by atoms with Gasteiger partial charge in [-0.15, -0.1) is 0 Å². The van der Waals surface area contributed by atoms with E-state index in [9.17, 15) is 9.18 Å². The van der Waals surface area contributed by atoms with E-state index in [1.807, 2.05) is 6.92 Å². The van der Waals surface area contributed by atoms with Crippen molar-refractivity contribution in [2.24, 2.45) is 0 Å². The van der Waals surface area contributed by atoms with Crippen LogP contribution in [-0.4, -0.2) is 11.1 Å².